The van der Waals surface area contributed by atoms with Crippen molar-refractivity contribution in [3.63, 3.8) is 0 Å². The van der Waals surface area contributed by atoms with Gasteiger partial charge in [-0.2, -0.15) is 4.98 Å². The van der Waals surface area contributed by atoms with E-state index in [2.05, 4.69) is 6.92 Å². The molecule has 358 valence electrons. The average molecular weight is 921 g/mol. The fraction of sp³-hybridized carbons (Fsp3) is 0.412. The van der Waals surface area contributed by atoms with Gasteiger partial charge < -0.3 is 52.8 Å². The largest absolute Gasteiger partial charge is 0.497 e. The Morgan fingerprint density at radius 2 is 1.46 bits per heavy atom. The maximum atomic E-state index is 12.5. The smallest absolute Gasteiger partial charge is 0.410 e. The number of fused-ring (bicyclic) bond motifs is 1. The van der Waals surface area contributed by atoms with Gasteiger partial charge in [0.15, 0.2) is 11.5 Å². The van der Waals surface area contributed by atoms with Gasteiger partial charge in [-0.1, -0.05) is 55.8 Å². The first-order valence-electron chi connectivity index (χ1n) is 22.4. The topological polar surface area (TPSA) is 161 Å². The highest BCUT2D eigenvalue weighted by Crippen LogP contribution is 2.35. The number of benzene rings is 4. The van der Waals surface area contributed by atoms with Gasteiger partial charge in [0.25, 0.3) is 0 Å². The first-order valence-corrected chi connectivity index (χ1v) is 22.4. The Morgan fingerprint density at radius 3 is 2.07 bits per heavy atom. The summed E-state index contributed by atoms with van der Waals surface area (Å²) in [5.74, 6) is 3.46. The minimum atomic E-state index is -1.20. The number of hydrogen-bond donors (Lipinski definition) is 1. The predicted molar refractivity (Wildman–Crippen MR) is 255 cm³/mol. The summed E-state index contributed by atoms with van der Waals surface area (Å²) in [4.78, 5) is 26.0. The Labute approximate surface area is 393 Å². The van der Waals surface area contributed by atoms with E-state index in [0.29, 0.717) is 84.2 Å². The number of methoxy groups -OCH3 is 4. The third-order valence-corrected chi connectivity index (χ3v) is 10.8. The van der Waals surface area contributed by atoms with Crippen LogP contribution in [-0.4, -0.2) is 103 Å². The van der Waals surface area contributed by atoms with Crippen LogP contribution in [0.25, 0.3) is 5.65 Å². The van der Waals surface area contributed by atoms with Crippen molar-refractivity contribution in [2.24, 2.45) is 0 Å². The van der Waals surface area contributed by atoms with E-state index in [4.69, 9.17) is 53.0 Å². The molecule has 1 N–H and O–H groups in total. The predicted octanol–water partition coefficient (Wildman–Crippen LogP) is 8.85. The molecule has 0 bridgehead atoms. The molecule has 2 heterocycles. The number of aromatic nitrogens is 4. The fourth-order valence-corrected chi connectivity index (χ4v) is 7.28. The number of hydrogen-bond acceptors (Lipinski definition) is 14. The van der Waals surface area contributed by atoms with Crippen molar-refractivity contribution in [3.8, 4) is 34.8 Å². The Bertz CT molecular complexity index is 2460. The lowest BCUT2D eigenvalue weighted by atomic mass is 10.1. The van der Waals surface area contributed by atoms with Crippen LogP contribution in [0.2, 0.25) is 0 Å². The number of rotatable bonds is 24. The van der Waals surface area contributed by atoms with Crippen molar-refractivity contribution in [1.82, 2.24) is 24.5 Å². The van der Waals surface area contributed by atoms with Gasteiger partial charge in [-0.05, 0) is 74.7 Å². The Kier molecular flexibility index (Phi) is 17.5. The molecule has 0 spiro atoms. The molecule has 0 radical (unpaired) electrons. The minimum Gasteiger partial charge on any atom is -0.497 e. The van der Waals surface area contributed by atoms with Crippen LogP contribution < -0.4 is 33.3 Å². The third kappa shape index (κ3) is 13.6. The van der Waals surface area contributed by atoms with Crippen LogP contribution in [0.15, 0.2) is 97.2 Å². The fourth-order valence-electron chi connectivity index (χ4n) is 7.28. The number of carbonyl (C=O) groups is 1. The first kappa shape index (κ1) is 49.6. The second kappa shape index (κ2) is 23.6. The monoisotopic (exact) mass is 920 g/mol. The number of imidazole rings is 1. The molecule has 1 unspecified atom stereocenters. The van der Waals surface area contributed by atoms with Crippen molar-refractivity contribution in [1.29, 1.82) is 0 Å². The lowest BCUT2D eigenvalue weighted by molar-refractivity contribution is 0.0278. The summed E-state index contributed by atoms with van der Waals surface area (Å²) >= 11 is 0. The van der Waals surface area contributed by atoms with E-state index < -0.39 is 17.8 Å². The highest BCUT2D eigenvalue weighted by Gasteiger charge is 2.27. The number of amides is 1. The van der Waals surface area contributed by atoms with E-state index in [1.807, 2.05) is 92.4 Å². The van der Waals surface area contributed by atoms with Gasteiger partial charge in [-0.25, -0.2) is 14.3 Å². The molecule has 2 aromatic heterocycles. The molecule has 6 aromatic rings. The molecular weight excluding hydrogens is 857 g/mol. The molecule has 0 saturated carbocycles. The van der Waals surface area contributed by atoms with Crippen molar-refractivity contribution in [2.45, 2.75) is 84.5 Å². The maximum Gasteiger partial charge on any atom is 0.410 e. The molecule has 0 aliphatic carbocycles. The molecule has 0 aliphatic rings. The quantitative estimate of drug-likeness (QED) is 0.0574. The van der Waals surface area contributed by atoms with E-state index in [-0.39, 0.29) is 25.3 Å². The number of carbonyl (C=O) groups excluding carboxylic acids is 1. The highest BCUT2D eigenvalue weighted by molar-refractivity contribution is 5.68. The molecule has 0 aliphatic heterocycles. The van der Waals surface area contributed by atoms with Crippen LogP contribution >= 0.6 is 0 Å². The van der Waals surface area contributed by atoms with Crippen LogP contribution in [0.3, 0.4) is 0 Å². The van der Waals surface area contributed by atoms with Gasteiger partial charge in [0.2, 0.25) is 0 Å². The van der Waals surface area contributed by atoms with E-state index in [0.717, 1.165) is 29.5 Å². The molecule has 1 amide bonds. The second-order valence-electron chi connectivity index (χ2n) is 16.9. The van der Waals surface area contributed by atoms with Gasteiger partial charge in [0, 0.05) is 49.8 Å². The zero-order valence-electron chi connectivity index (χ0n) is 40.1. The zero-order valence-corrected chi connectivity index (χ0v) is 40.1. The first-order chi connectivity index (χ1) is 32.3. The summed E-state index contributed by atoms with van der Waals surface area (Å²) in [6, 6.07) is 28.6. The van der Waals surface area contributed by atoms with E-state index in [9.17, 15) is 9.90 Å². The molecule has 4 aromatic carbocycles. The van der Waals surface area contributed by atoms with E-state index in [1.165, 1.54) is 4.90 Å². The second-order valence-corrected chi connectivity index (χ2v) is 16.9. The van der Waals surface area contributed by atoms with Crippen LogP contribution in [0, 0.1) is 0 Å². The van der Waals surface area contributed by atoms with Crippen molar-refractivity contribution < 1.29 is 47.8 Å². The summed E-state index contributed by atoms with van der Waals surface area (Å²) in [5.41, 5.74) is 3.43. The minimum absolute atomic E-state index is 0.0926. The third-order valence-electron chi connectivity index (χ3n) is 10.8. The average Bonchev–Trinajstić information content (AvgIpc) is 3.76. The number of aliphatic hydroxyl groups is 1. The number of likely N-dealkylation sites (N-methyl/N-ethyl adjacent to an activating group) is 1. The Hall–Kier alpha value is -6.78. The standard InChI is InChI=1S/C51H64N6O10/c1-10-15-39(24-26-64-34-35-16-12-11-13-17-35)66-49-53-48(56(32-37-20-22-40(60-6)29-44(37)62-8)33-38-21-23-41(61-7)30-45(38)63-9)47-52-31-43(57(47)54-49)46(58)36-18-14-19-42(28-36)65-27-25-55(5)50(59)67-51(2,3)4/h11-14,16-23,28-31,39,46,58H,10,15,24-27,32-34H2,1-9H3/t39-,46?/m1/s1. The lowest BCUT2D eigenvalue weighted by Crippen LogP contribution is -2.36. The zero-order chi connectivity index (χ0) is 47.9. The van der Waals surface area contributed by atoms with Crippen molar-refractivity contribution in [3.05, 3.63) is 125 Å². The molecule has 6 rings (SSSR count). The Balaban J connectivity index is 1.39. The molecule has 2 atom stereocenters. The normalized spacial score (nSPS) is 12.3. The van der Waals surface area contributed by atoms with Gasteiger partial charge >= 0.3 is 12.1 Å². The number of nitrogens with zero attached hydrogens (tertiary/aromatic N) is 6. The molecule has 16 nitrogen and oxygen atoms in total. The lowest BCUT2D eigenvalue weighted by Gasteiger charge is -2.27. The highest BCUT2D eigenvalue weighted by atomic mass is 16.6. The summed E-state index contributed by atoms with van der Waals surface area (Å²) in [6.45, 7) is 9.59. The molecule has 0 fully saturated rings. The van der Waals surface area contributed by atoms with Gasteiger partial charge in [0.1, 0.15) is 53.2 Å². The van der Waals surface area contributed by atoms with Crippen LogP contribution in [0.5, 0.6) is 34.8 Å². The number of ether oxygens (including phenoxy) is 8. The summed E-state index contributed by atoms with van der Waals surface area (Å²) in [6.07, 6.45) is 1.82. The summed E-state index contributed by atoms with van der Waals surface area (Å²) in [5, 5.41) is 17.1. The number of anilines is 1. The van der Waals surface area contributed by atoms with Gasteiger partial charge in [-0.15, -0.1) is 5.10 Å². The van der Waals surface area contributed by atoms with Gasteiger partial charge in [0.05, 0.1) is 60.1 Å². The SMILES string of the molecule is CCC[C@H](CCOCc1ccccc1)Oc1nc(N(Cc2ccc(OC)cc2OC)Cc2ccc(OC)cc2OC)c2ncc(C(O)c3cccc(OCCN(C)C(=O)OC(C)(C)C)c3)n2n1. The summed E-state index contributed by atoms with van der Waals surface area (Å²) in [7, 11) is 8.11. The summed E-state index contributed by atoms with van der Waals surface area (Å²) < 4.78 is 48.7. The molecule has 67 heavy (non-hydrogen) atoms. The van der Waals surface area contributed by atoms with Gasteiger partial charge in [-0.3, -0.25) is 0 Å². The maximum absolute atomic E-state index is 12.5. The van der Waals surface area contributed by atoms with Crippen LogP contribution in [0.4, 0.5) is 10.6 Å². The molecular formula is C51H64N6O10. The molecule has 16 heteroatoms. The van der Waals surface area contributed by atoms with E-state index in [1.54, 1.807) is 70.5 Å². The van der Waals surface area contributed by atoms with Crippen LogP contribution in [0.1, 0.15) is 81.0 Å². The van der Waals surface area contributed by atoms with Crippen LogP contribution in [-0.2, 0) is 29.2 Å². The molecule has 0 saturated heterocycles. The van der Waals surface area contributed by atoms with Crippen molar-refractivity contribution in [2.75, 3.05) is 60.1 Å². The van der Waals surface area contributed by atoms with Crippen molar-refractivity contribution >= 4 is 17.6 Å². The Morgan fingerprint density at radius 1 is 0.791 bits per heavy atom. The van der Waals surface area contributed by atoms with E-state index >= 15 is 0 Å². The number of aliphatic hydroxyl groups excluding tert-OH is 1.